The van der Waals surface area contributed by atoms with E-state index in [1.165, 1.54) is 23.0 Å². The average molecular weight is 1180 g/mol. The van der Waals surface area contributed by atoms with E-state index in [1.807, 2.05) is 29.8 Å². The van der Waals surface area contributed by atoms with E-state index in [-0.39, 0.29) is 28.5 Å². The van der Waals surface area contributed by atoms with Crippen molar-refractivity contribution in [2.75, 3.05) is 23.7 Å². The Morgan fingerprint density at radius 1 is 0.658 bits per heavy atom. The third kappa shape index (κ3) is 12.0. The Morgan fingerprint density at radius 2 is 1.08 bits per heavy atom. The van der Waals surface area contributed by atoms with Crippen molar-refractivity contribution in [2.24, 2.45) is 10.8 Å². The number of aryl methyl sites for hydroxylation is 2. The number of fused-ring (bicyclic) bond motifs is 2. The van der Waals surface area contributed by atoms with Crippen LogP contribution < -0.4 is 10.6 Å². The molecule has 0 bridgehead atoms. The highest BCUT2D eigenvalue weighted by Crippen LogP contribution is 2.42. The second-order valence-electron chi connectivity index (χ2n) is 22.1. The minimum absolute atomic E-state index is 0.00595. The van der Waals surface area contributed by atoms with E-state index >= 15 is 4.39 Å². The Bertz CT molecular complexity index is 3370. The van der Waals surface area contributed by atoms with Crippen LogP contribution in [0.15, 0.2) is 60.9 Å². The third-order valence-electron chi connectivity index (χ3n) is 13.4. The summed E-state index contributed by atoms with van der Waals surface area (Å²) in [6.45, 7) is 17.5. The largest absolute Gasteiger partial charge is 0.383 e. The number of anilines is 2. The maximum absolute atomic E-state index is 15.5. The van der Waals surface area contributed by atoms with Crippen LogP contribution in [0.3, 0.4) is 0 Å². The van der Waals surface area contributed by atoms with Crippen LogP contribution in [-0.4, -0.2) is 63.0 Å². The van der Waals surface area contributed by atoms with Gasteiger partial charge >= 0.3 is 0 Å². The topological polar surface area (TPSA) is 185 Å². The van der Waals surface area contributed by atoms with Crippen LogP contribution in [0.1, 0.15) is 147 Å². The average Bonchev–Trinajstić information content (AvgIpc) is 4.31. The van der Waals surface area contributed by atoms with Crippen LogP contribution in [0.5, 0.6) is 0 Å². The number of nitrogens with zero attached hydrogens (tertiary/aromatic N) is 12. The molecule has 2 fully saturated rings. The molecule has 6 aromatic heterocycles. The molecule has 2 N–H and O–H groups in total. The highest BCUT2D eigenvalue weighted by atomic mass is 127. The summed E-state index contributed by atoms with van der Waals surface area (Å²) in [7, 11) is 0. The highest BCUT2D eigenvalue weighted by Gasteiger charge is 2.34. The molecular formula is C56H56Cl2F3IN14. The molecule has 2 aromatic carbocycles. The van der Waals surface area contributed by atoms with Crippen LogP contribution >= 0.6 is 45.8 Å². The molecule has 0 unspecified atom stereocenters. The first-order valence-electron chi connectivity index (χ1n) is 25.1. The molecule has 0 aliphatic heterocycles. The zero-order chi connectivity index (χ0) is 54.4. The van der Waals surface area contributed by atoms with Gasteiger partial charge in [-0.15, -0.1) is 10.2 Å². The Balaban J connectivity index is 0.000000186. The van der Waals surface area contributed by atoms with E-state index in [1.54, 1.807) is 31.3 Å². The van der Waals surface area contributed by atoms with Gasteiger partial charge in [0.25, 0.3) is 0 Å². The number of benzene rings is 2. The lowest BCUT2D eigenvalue weighted by Gasteiger charge is -2.22. The summed E-state index contributed by atoms with van der Waals surface area (Å²) < 4.78 is 47.6. The van der Waals surface area contributed by atoms with E-state index in [0.717, 1.165) is 62.8 Å². The Hall–Kier alpha value is -6.48. The van der Waals surface area contributed by atoms with E-state index in [0.29, 0.717) is 92.2 Å². The van der Waals surface area contributed by atoms with Gasteiger partial charge in [0, 0.05) is 59.5 Å². The lowest BCUT2D eigenvalue weighted by molar-refractivity contribution is 0.443. The van der Waals surface area contributed by atoms with E-state index in [2.05, 4.69) is 127 Å². The fraction of sp³-hybridized carbons (Fsp3) is 0.393. The molecule has 20 heteroatoms. The smallest absolute Gasteiger partial charge is 0.235 e. The van der Waals surface area contributed by atoms with Crippen molar-refractivity contribution in [1.82, 2.24) is 49.9 Å². The van der Waals surface area contributed by atoms with Gasteiger partial charge in [0.05, 0.1) is 55.7 Å². The van der Waals surface area contributed by atoms with Gasteiger partial charge in [-0.25, -0.2) is 19.3 Å². The molecule has 0 radical (unpaired) electrons. The normalized spacial score (nSPS) is 14.5. The summed E-state index contributed by atoms with van der Waals surface area (Å²) in [6.07, 6.45) is 7.84. The number of pyridine rings is 4. The van der Waals surface area contributed by atoms with Crippen molar-refractivity contribution in [1.29, 1.82) is 10.5 Å². The molecule has 2 saturated carbocycles. The number of nitrogens with one attached hydrogen (secondary N) is 2. The number of aromatic nitrogens is 10. The van der Waals surface area contributed by atoms with Gasteiger partial charge in [0.2, 0.25) is 17.8 Å². The quantitative estimate of drug-likeness (QED) is 0.0777. The van der Waals surface area contributed by atoms with Crippen LogP contribution in [0.4, 0.5) is 24.5 Å². The predicted octanol–water partition coefficient (Wildman–Crippen LogP) is 13.5. The van der Waals surface area contributed by atoms with Gasteiger partial charge in [0.1, 0.15) is 27.2 Å². The van der Waals surface area contributed by atoms with Crippen LogP contribution in [0.25, 0.3) is 21.8 Å². The van der Waals surface area contributed by atoms with Crippen molar-refractivity contribution in [3.8, 4) is 12.1 Å². The number of hydrogen-bond donors (Lipinski definition) is 2. The fourth-order valence-corrected chi connectivity index (χ4v) is 10.8. The summed E-state index contributed by atoms with van der Waals surface area (Å²) >= 11 is 15.8. The monoisotopic (exact) mass is 1180 g/mol. The lowest BCUT2D eigenvalue weighted by Crippen LogP contribution is -2.19. The minimum Gasteiger partial charge on any atom is -0.383 e. The second kappa shape index (κ2) is 21.9. The fourth-order valence-electron chi connectivity index (χ4n) is 9.24. The summed E-state index contributed by atoms with van der Waals surface area (Å²) in [5.74, 6) is -2.41. The first kappa shape index (κ1) is 54.3. The number of halogens is 6. The predicted molar refractivity (Wildman–Crippen MR) is 297 cm³/mol. The van der Waals surface area contributed by atoms with E-state index in [9.17, 15) is 19.3 Å². The molecule has 0 saturated heterocycles. The molecule has 0 spiro atoms. The summed E-state index contributed by atoms with van der Waals surface area (Å²) in [5, 5.41) is 46.2. The molecule has 8 aromatic rings. The van der Waals surface area contributed by atoms with Gasteiger partial charge in [0.15, 0.2) is 0 Å². The Labute approximate surface area is 463 Å². The highest BCUT2D eigenvalue weighted by molar-refractivity contribution is 14.1. The van der Waals surface area contributed by atoms with Crippen molar-refractivity contribution in [2.45, 2.75) is 118 Å². The molecule has 10 rings (SSSR count). The summed E-state index contributed by atoms with van der Waals surface area (Å²) in [5.41, 5.74) is 8.76. The van der Waals surface area contributed by atoms with E-state index in [4.69, 9.17) is 23.2 Å². The molecule has 392 valence electrons. The van der Waals surface area contributed by atoms with Crippen molar-refractivity contribution in [3.63, 3.8) is 0 Å². The molecule has 2 aliphatic rings. The van der Waals surface area contributed by atoms with Gasteiger partial charge in [-0.1, -0.05) is 87.3 Å². The summed E-state index contributed by atoms with van der Waals surface area (Å²) in [6, 6.07) is 18.6. The third-order valence-corrected chi connectivity index (χ3v) is 15.0. The lowest BCUT2D eigenvalue weighted by atomic mass is 9.88. The molecule has 76 heavy (non-hydrogen) atoms. The maximum atomic E-state index is 15.5. The first-order chi connectivity index (χ1) is 36.1. The van der Waals surface area contributed by atoms with Crippen LogP contribution in [0.2, 0.25) is 10.0 Å². The molecule has 2 atom stereocenters. The van der Waals surface area contributed by atoms with Crippen molar-refractivity contribution in [3.05, 3.63) is 149 Å². The van der Waals surface area contributed by atoms with E-state index < -0.39 is 23.8 Å². The number of rotatable bonds is 14. The zero-order valence-corrected chi connectivity index (χ0v) is 47.0. The zero-order valence-electron chi connectivity index (χ0n) is 43.4. The molecule has 2 aliphatic carbocycles. The first-order valence-corrected chi connectivity index (χ1v) is 26.9. The van der Waals surface area contributed by atoms with Crippen LogP contribution in [0, 0.1) is 68.9 Å². The Kier molecular flexibility index (Phi) is 15.6. The molecule has 6 heterocycles. The molecule has 14 nitrogen and oxygen atoms in total. The maximum Gasteiger partial charge on any atom is 0.235 e. The van der Waals surface area contributed by atoms with Gasteiger partial charge in [-0.2, -0.15) is 23.7 Å². The van der Waals surface area contributed by atoms with Crippen molar-refractivity contribution < 1.29 is 13.2 Å². The SMILES string of the molecule is Cc1nc(F)ccc1[C@H](Cc1cc(Cl)c2ncc(C#N)c(NCC(C)(C)C)c2c1)c1nnn(C2CC2)c1F.Cc1nc(F)ccc1[C@H](Cc1cc(Cl)c2ncc(C#N)c(NCC(C)(C)C)c2c1)c1nnn(C2CC2)c1I. The summed E-state index contributed by atoms with van der Waals surface area (Å²) in [4.78, 5) is 17.0. The van der Waals surface area contributed by atoms with Gasteiger partial charge in [-0.05, 0) is 144 Å². The number of nitriles is 2. The second-order valence-corrected chi connectivity index (χ2v) is 23.9. The Morgan fingerprint density at radius 3 is 1.50 bits per heavy atom. The standard InChI is InChI=1S/C28H28ClF2N7.C28H28ClFIN7/c2*1-15-19(7-8-23(30)35-15)20(26-27(31)38(37-36-26)18-5-6-18)9-16-10-21-24(34-14-28(2,3)4)17(12-32)13-33-25(21)22(29)11-16/h2*7-8,10-11,13,18,20H,5-6,9,14H2,1-4H3,(H,33,34)/t2*20-/m00/s1. The van der Waals surface area contributed by atoms with Crippen molar-refractivity contribution >= 4 is 79.0 Å². The number of hydrogen-bond acceptors (Lipinski definition) is 12. The molecular weight excluding hydrogens is 1120 g/mol. The van der Waals surface area contributed by atoms with Gasteiger partial charge in [-0.3, -0.25) is 9.97 Å². The van der Waals surface area contributed by atoms with Crippen LogP contribution in [-0.2, 0) is 12.8 Å². The molecule has 0 amide bonds. The van der Waals surface area contributed by atoms with Gasteiger partial charge < -0.3 is 10.6 Å². The minimum atomic E-state index is -0.606.